The molecule has 1 rings (SSSR count). The first-order valence-corrected chi connectivity index (χ1v) is 6.60. The number of primary amides is 1. The minimum Gasteiger partial charge on any atom is -0.481 e. The van der Waals surface area contributed by atoms with Gasteiger partial charge in [0.25, 0.3) is 0 Å². The summed E-state index contributed by atoms with van der Waals surface area (Å²) in [5.74, 6) is -1.81. The predicted molar refractivity (Wildman–Crippen MR) is 69.2 cm³/mol. The molecule has 1 aliphatic carbocycles. The second-order valence-electron chi connectivity index (χ2n) is 5.55. The van der Waals surface area contributed by atoms with Crippen LogP contribution in [0.5, 0.6) is 0 Å². The van der Waals surface area contributed by atoms with E-state index in [2.05, 4.69) is 0 Å². The van der Waals surface area contributed by atoms with Crippen molar-refractivity contribution in [1.82, 2.24) is 4.90 Å². The number of carbonyl (C=O) groups is 3. The average Bonchev–Trinajstić information content (AvgIpc) is 2.74. The molecule has 0 bridgehead atoms. The molecular formula is C13H22N2O4. The van der Waals surface area contributed by atoms with Crippen molar-refractivity contribution in [2.75, 3.05) is 6.54 Å². The summed E-state index contributed by atoms with van der Waals surface area (Å²) in [6.07, 6.45) is 2.66. The number of hydrogen-bond acceptors (Lipinski definition) is 3. The van der Waals surface area contributed by atoms with E-state index in [0.717, 1.165) is 12.8 Å². The molecule has 6 heteroatoms. The van der Waals surface area contributed by atoms with Crippen LogP contribution in [-0.4, -0.2) is 40.4 Å². The third-order valence-electron chi connectivity index (χ3n) is 3.77. The van der Waals surface area contributed by atoms with Gasteiger partial charge in [0.1, 0.15) is 0 Å². The topological polar surface area (TPSA) is 101 Å². The van der Waals surface area contributed by atoms with Gasteiger partial charge in [-0.05, 0) is 26.7 Å². The summed E-state index contributed by atoms with van der Waals surface area (Å²) in [5, 5.41) is 9.35. The van der Waals surface area contributed by atoms with E-state index < -0.39 is 17.3 Å². The van der Waals surface area contributed by atoms with E-state index in [1.165, 1.54) is 4.90 Å². The quantitative estimate of drug-likeness (QED) is 0.743. The van der Waals surface area contributed by atoms with Crippen LogP contribution in [0.4, 0.5) is 0 Å². The van der Waals surface area contributed by atoms with Gasteiger partial charge in [0.15, 0.2) is 0 Å². The Morgan fingerprint density at radius 2 is 1.79 bits per heavy atom. The Bertz CT molecular complexity index is 373. The lowest BCUT2D eigenvalue weighted by Gasteiger charge is -2.30. The van der Waals surface area contributed by atoms with E-state index in [1.807, 2.05) is 0 Å². The lowest BCUT2D eigenvalue weighted by molar-refractivity contribution is -0.154. The molecule has 3 N–H and O–H groups in total. The van der Waals surface area contributed by atoms with Crippen molar-refractivity contribution < 1.29 is 19.5 Å². The third kappa shape index (κ3) is 3.68. The van der Waals surface area contributed by atoms with Gasteiger partial charge in [0.2, 0.25) is 11.8 Å². The van der Waals surface area contributed by atoms with Crippen LogP contribution in [-0.2, 0) is 14.4 Å². The number of nitrogens with zero attached hydrogens (tertiary/aromatic N) is 1. The van der Waals surface area contributed by atoms with Gasteiger partial charge < -0.3 is 15.7 Å². The molecule has 19 heavy (non-hydrogen) atoms. The molecule has 0 unspecified atom stereocenters. The van der Waals surface area contributed by atoms with Crippen LogP contribution in [0.1, 0.15) is 46.0 Å². The average molecular weight is 270 g/mol. The van der Waals surface area contributed by atoms with Crippen LogP contribution >= 0.6 is 0 Å². The Balaban J connectivity index is 2.80. The molecule has 0 aromatic heterocycles. The highest BCUT2D eigenvalue weighted by Gasteiger charge is 2.44. The van der Waals surface area contributed by atoms with Crippen LogP contribution in [0.25, 0.3) is 0 Å². The Kier molecular flexibility index (Phi) is 4.91. The normalized spacial score (nSPS) is 17.4. The van der Waals surface area contributed by atoms with Gasteiger partial charge in [-0.15, -0.1) is 0 Å². The van der Waals surface area contributed by atoms with Gasteiger partial charge >= 0.3 is 5.97 Å². The number of carboxylic acid groups (broad SMARTS) is 1. The summed E-state index contributed by atoms with van der Waals surface area (Å²) in [7, 11) is 0. The fourth-order valence-electron chi connectivity index (χ4n) is 2.64. The van der Waals surface area contributed by atoms with Crippen LogP contribution in [0.3, 0.4) is 0 Å². The molecule has 0 aliphatic heterocycles. The molecule has 0 radical (unpaired) electrons. The summed E-state index contributed by atoms with van der Waals surface area (Å²) in [6, 6.07) is -0.174. The standard InChI is InChI=1S/C13H22N2O4/c1-9(2)15(8-10(14)16)11(17)7-13(12(18)19)5-3-4-6-13/h9H,3-8H2,1-2H3,(H2,14,16)(H,18,19). The first-order chi connectivity index (χ1) is 8.78. The second kappa shape index (κ2) is 6.04. The highest BCUT2D eigenvalue weighted by molar-refractivity contribution is 5.88. The number of carboxylic acids is 1. The maximum Gasteiger partial charge on any atom is 0.310 e. The maximum absolute atomic E-state index is 12.2. The van der Waals surface area contributed by atoms with Crippen LogP contribution < -0.4 is 5.73 Å². The van der Waals surface area contributed by atoms with Crippen molar-refractivity contribution in [2.24, 2.45) is 11.1 Å². The first kappa shape index (κ1) is 15.5. The smallest absolute Gasteiger partial charge is 0.310 e. The second-order valence-corrected chi connectivity index (χ2v) is 5.55. The summed E-state index contributed by atoms with van der Waals surface area (Å²) in [4.78, 5) is 36.0. The molecule has 6 nitrogen and oxygen atoms in total. The van der Waals surface area contributed by atoms with Crippen LogP contribution in [0.2, 0.25) is 0 Å². The van der Waals surface area contributed by atoms with Gasteiger partial charge in [-0.3, -0.25) is 14.4 Å². The zero-order valence-electron chi connectivity index (χ0n) is 11.5. The summed E-state index contributed by atoms with van der Waals surface area (Å²) < 4.78 is 0. The molecule has 1 aliphatic rings. The number of hydrogen-bond donors (Lipinski definition) is 2. The fourth-order valence-corrected chi connectivity index (χ4v) is 2.64. The molecule has 2 amide bonds. The largest absolute Gasteiger partial charge is 0.481 e. The minimum atomic E-state index is -0.956. The zero-order valence-corrected chi connectivity index (χ0v) is 11.5. The van der Waals surface area contributed by atoms with E-state index in [1.54, 1.807) is 13.8 Å². The molecular weight excluding hydrogens is 248 g/mol. The lowest BCUT2D eigenvalue weighted by Crippen LogP contribution is -2.45. The van der Waals surface area contributed by atoms with E-state index in [-0.39, 0.29) is 24.9 Å². The number of aliphatic carboxylic acids is 1. The highest BCUT2D eigenvalue weighted by atomic mass is 16.4. The van der Waals surface area contributed by atoms with Gasteiger partial charge in [-0.25, -0.2) is 0 Å². The highest BCUT2D eigenvalue weighted by Crippen LogP contribution is 2.41. The Morgan fingerprint density at radius 1 is 1.26 bits per heavy atom. The van der Waals surface area contributed by atoms with E-state index in [4.69, 9.17) is 5.73 Å². The van der Waals surface area contributed by atoms with E-state index in [0.29, 0.717) is 12.8 Å². The molecule has 0 aromatic carbocycles. The molecule has 1 saturated carbocycles. The van der Waals surface area contributed by atoms with E-state index >= 15 is 0 Å². The molecule has 0 saturated heterocycles. The van der Waals surface area contributed by atoms with Crippen molar-refractivity contribution in [1.29, 1.82) is 0 Å². The Hall–Kier alpha value is -1.59. The summed E-state index contributed by atoms with van der Waals surface area (Å²) in [6.45, 7) is 3.40. The van der Waals surface area contributed by atoms with Crippen molar-refractivity contribution in [3.63, 3.8) is 0 Å². The maximum atomic E-state index is 12.2. The minimum absolute atomic E-state index is 0.0478. The molecule has 108 valence electrons. The molecule has 0 atom stereocenters. The fraction of sp³-hybridized carbons (Fsp3) is 0.769. The number of rotatable bonds is 6. The number of carbonyl (C=O) groups excluding carboxylic acids is 2. The van der Waals surface area contributed by atoms with E-state index in [9.17, 15) is 19.5 Å². The zero-order chi connectivity index (χ0) is 14.6. The lowest BCUT2D eigenvalue weighted by atomic mass is 9.82. The molecule has 0 heterocycles. The van der Waals surface area contributed by atoms with Crippen LogP contribution in [0.15, 0.2) is 0 Å². The monoisotopic (exact) mass is 270 g/mol. The summed E-state index contributed by atoms with van der Waals surface area (Å²) in [5.41, 5.74) is 4.16. The third-order valence-corrected chi connectivity index (χ3v) is 3.77. The number of amides is 2. The Labute approximate surface area is 112 Å². The van der Waals surface area contributed by atoms with Gasteiger partial charge in [-0.1, -0.05) is 12.8 Å². The summed E-state index contributed by atoms with van der Waals surface area (Å²) >= 11 is 0. The van der Waals surface area contributed by atoms with Crippen LogP contribution in [0, 0.1) is 5.41 Å². The number of nitrogens with two attached hydrogens (primary N) is 1. The Morgan fingerprint density at radius 3 is 2.16 bits per heavy atom. The van der Waals surface area contributed by atoms with Gasteiger partial charge in [0, 0.05) is 12.5 Å². The van der Waals surface area contributed by atoms with Gasteiger partial charge in [-0.2, -0.15) is 0 Å². The van der Waals surface area contributed by atoms with Crippen molar-refractivity contribution in [3.8, 4) is 0 Å². The molecule has 0 spiro atoms. The predicted octanol–water partition coefficient (Wildman–Crippen LogP) is 0.744. The molecule has 1 fully saturated rings. The SMILES string of the molecule is CC(C)N(CC(N)=O)C(=O)CC1(C(=O)O)CCCC1. The van der Waals surface area contributed by atoms with Gasteiger partial charge in [0.05, 0.1) is 12.0 Å². The van der Waals surface area contributed by atoms with Crippen molar-refractivity contribution in [2.45, 2.75) is 52.0 Å². The first-order valence-electron chi connectivity index (χ1n) is 6.60. The molecule has 0 aromatic rings. The van der Waals surface area contributed by atoms with Crippen molar-refractivity contribution >= 4 is 17.8 Å². The van der Waals surface area contributed by atoms with Crippen molar-refractivity contribution in [3.05, 3.63) is 0 Å².